The van der Waals surface area contributed by atoms with Gasteiger partial charge in [0, 0.05) is 6.20 Å². The zero-order chi connectivity index (χ0) is 20.5. The normalized spacial score (nSPS) is 18.0. The summed E-state index contributed by atoms with van der Waals surface area (Å²) in [6, 6.07) is 8.90. The van der Waals surface area contributed by atoms with Crippen molar-refractivity contribution in [2.45, 2.75) is 71.8 Å². The summed E-state index contributed by atoms with van der Waals surface area (Å²) < 4.78 is 0. The van der Waals surface area contributed by atoms with Gasteiger partial charge in [-0.05, 0) is 83.1 Å². The van der Waals surface area contributed by atoms with E-state index in [1.165, 1.54) is 42.2 Å². The second-order valence-corrected chi connectivity index (χ2v) is 9.33. The van der Waals surface area contributed by atoms with Gasteiger partial charge < -0.3 is 0 Å². The van der Waals surface area contributed by atoms with Crippen LogP contribution < -0.4 is 0 Å². The topological polar surface area (TPSA) is 31.4 Å². The number of hydrogen-bond donors (Lipinski definition) is 0. The summed E-state index contributed by atoms with van der Waals surface area (Å²) in [5.41, 5.74) is 9.22. The molecule has 1 aromatic heterocycles. The molecule has 0 bridgehead atoms. The molecule has 150 valence electrons. The van der Waals surface area contributed by atoms with Crippen LogP contribution >= 0.6 is 0 Å². The molecule has 0 amide bonds. The van der Waals surface area contributed by atoms with Crippen LogP contribution in [-0.2, 0) is 27.2 Å². The van der Waals surface area contributed by atoms with Crippen LogP contribution in [0.1, 0.15) is 81.0 Å². The predicted octanol–water partition coefficient (Wildman–Crippen LogP) is 6.38. The third-order valence-corrected chi connectivity index (χ3v) is 6.18. The number of rotatable bonds is 5. The first kappa shape index (κ1) is 20.8. The van der Waals surface area contributed by atoms with Gasteiger partial charge in [-0.25, -0.2) is 9.78 Å². The van der Waals surface area contributed by atoms with Crippen molar-refractivity contribution in [1.29, 1.82) is 0 Å². The molecular weight excluding hydrogens is 346 g/mol. The van der Waals surface area contributed by atoms with Crippen molar-refractivity contribution in [3.8, 4) is 0 Å². The number of allylic oxidation sites excluding steroid dienone is 1. The van der Waals surface area contributed by atoms with Crippen LogP contribution in [0, 0.1) is 6.92 Å². The van der Waals surface area contributed by atoms with Gasteiger partial charge in [-0.3, -0.25) is 4.98 Å². The van der Waals surface area contributed by atoms with Crippen molar-refractivity contribution >= 4 is 11.6 Å². The molecular formula is C25H33NO2. The lowest BCUT2D eigenvalue weighted by atomic mass is 9.62. The summed E-state index contributed by atoms with van der Waals surface area (Å²) in [6.07, 6.45) is 6.58. The van der Waals surface area contributed by atoms with Gasteiger partial charge in [-0.2, -0.15) is 0 Å². The maximum atomic E-state index is 4.97. The van der Waals surface area contributed by atoms with Gasteiger partial charge in [0.25, 0.3) is 0 Å². The summed E-state index contributed by atoms with van der Waals surface area (Å²) in [7, 11) is 1.51. The molecule has 0 radical (unpaired) electrons. The summed E-state index contributed by atoms with van der Waals surface area (Å²) >= 11 is 0. The molecule has 1 aromatic carbocycles. The van der Waals surface area contributed by atoms with E-state index in [2.05, 4.69) is 69.6 Å². The molecule has 28 heavy (non-hydrogen) atoms. The minimum absolute atomic E-state index is 0.219. The second-order valence-electron chi connectivity index (χ2n) is 9.33. The van der Waals surface area contributed by atoms with Crippen molar-refractivity contribution in [2.24, 2.45) is 0 Å². The van der Waals surface area contributed by atoms with Crippen molar-refractivity contribution in [3.05, 3.63) is 64.0 Å². The molecule has 0 spiro atoms. The Hall–Kier alpha value is -1.97. The number of aromatic nitrogens is 1. The van der Waals surface area contributed by atoms with Gasteiger partial charge in [-0.15, -0.1) is 0 Å². The van der Waals surface area contributed by atoms with E-state index in [4.69, 9.17) is 4.89 Å². The minimum atomic E-state index is 0.219. The minimum Gasteiger partial charge on any atom is -0.256 e. The Morgan fingerprint density at radius 3 is 2.29 bits per heavy atom. The summed E-state index contributed by atoms with van der Waals surface area (Å²) in [5.74, 6) is 0. The fraction of sp³-hybridized carbons (Fsp3) is 0.480. The van der Waals surface area contributed by atoms with Crippen molar-refractivity contribution in [2.75, 3.05) is 7.11 Å². The Morgan fingerprint density at radius 1 is 1.07 bits per heavy atom. The van der Waals surface area contributed by atoms with E-state index in [1.807, 2.05) is 18.3 Å². The van der Waals surface area contributed by atoms with E-state index in [1.54, 1.807) is 0 Å². The highest BCUT2D eigenvalue weighted by Crippen LogP contribution is 2.46. The number of aryl methyl sites for hydroxylation is 1. The highest BCUT2D eigenvalue weighted by molar-refractivity contribution is 5.80. The van der Waals surface area contributed by atoms with E-state index in [0.29, 0.717) is 6.61 Å². The lowest BCUT2D eigenvalue weighted by molar-refractivity contribution is -0.282. The van der Waals surface area contributed by atoms with Crippen LogP contribution in [-0.4, -0.2) is 12.1 Å². The van der Waals surface area contributed by atoms with Crippen molar-refractivity contribution in [1.82, 2.24) is 4.98 Å². The average Bonchev–Trinajstić information content (AvgIpc) is 2.65. The number of nitrogens with zero attached hydrogens (tertiary/aromatic N) is 1. The molecule has 0 saturated heterocycles. The third-order valence-electron chi connectivity index (χ3n) is 6.18. The van der Waals surface area contributed by atoms with Crippen molar-refractivity contribution < 1.29 is 9.78 Å². The molecule has 3 heteroatoms. The Balaban J connectivity index is 1.95. The van der Waals surface area contributed by atoms with Crippen LogP contribution in [0.15, 0.2) is 30.5 Å². The summed E-state index contributed by atoms with van der Waals surface area (Å²) in [6.45, 7) is 14.2. The zero-order valence-corrected chi connectivity index (χ0v) is 18.3. The molecule has 0 atom stereocenters. The molecule has 1 aliphatic rings. The van der Waals surface area contributed by atoms with Crippen molar-refractivity contribution in [3.63, 3.8) is 0 Å². The lowest BCUT2D eigenvalue weighted by Crippen LogP contribution is -2.34. The Labute approximate surface area is 169 Å². The van der Waals surface area contributed by atoms with Gasteiger partial charge in [0.15, 0.2) is 0 Å². The highest BCUT2D eigenvalue weighted by atomic mass is 17.2. The van der Waals surface area contributed by atoms with Gasteiger partial charge in [0.1, 0.15) is 6.61 Å². The number of hydrogen-bond acceptors (Lipinski definition) is 3. The molecule has 0 fully saturated rings. The van der Waals surface area contributed by atoms with Crippen LogP contribution in [0.25, 0.3) is 11.6 Å². The molecule has 0 unspecified atom stereocenters. The molecule has 3 nitrogen and oxygen atoms in total. The quantitative estimate of drug-likeness (QED) is 0.446. The van der Waals surface area contributed by atoms with Gasteiger partial charge >= 0.3 is 0 Å². The molecule has 1 heterocycles. The molecule has 0 aliphatic heterocycles. The molecule has 0 saturated carbocycles. The second kappa shape index (κ2) is 7.81. The third kappa shape index (κ3) is 4.21. The van der Waals surface area contributed by atoms with E-state index in [0.717, 1.165) is 16.8 Å². The van der Waals surface area contributed by atoms with Crippen LogP contribution in [0.4, 0.5) is 0 Å². The summed E-state index contributed by atoms with van der Waals surface area (Å²) in [5, 5.41) is 0. The maximum Gasteiger partial charge on any atom is 0.109 e. The summed E-state index contributed by atoms with van der Waals surface area (Å²) in [4.78, 5) is 14.2. The van der Waals surface area contributed by atoms with Crippen LogP contribution in [0.5, 0.6) is 0 Å². The van der Waals surface area contributed by atoms with Crippen LogP contribution in [0.2, 0.25) is 0 Å². The Kier molecular flexibility index (Phi) is 5.79. The van der Waals surface area contributed by atoms with E-state index < -0.39 is 0 Å². The average molecular weight is 380 g/mol. The molecule has 2 aromatic rings. The number of pyridine rings is 1. The lowest BCUT2D eigenvalue weighted by Gasteiger charge is -2.42. The molecule has 0 N–H and O–H groups in total. The SMILES string of the molecule is COOCc1ccc(/C(C)=C\c2cc3c(cc2C)C(C)(C)CCC3(C)C)nc1. The first-order valence-corrected chi connectivity index (χ1v) is 10.1. The first-order chi connectivity index (χ1) is 13.1. The molecule has 3 rings (SSSR count). The fourth-order valence-corrected chi connectivity index (χ4v) is 4.07. The predicted molar refractivity (Wildman–Crippen MR) is 116 cm³/mol. The standard InChI is InChI=1S/C25H33NO2/c1-17-13-21-22(25(5,6)11-10-24(21,3)4)14-20(17)12-18(2)23-9-8-19(15-26-23)16-28-27-7/h8-9,12-15H,10-11,16H2,1-7H3/b18-12-. The Morgan fingerprint density at radius 2 is 1.71 bits per heavy atom. The maximum absolute atomic E-state index is 4.97. The highest BCUT2D eigenvalue weighted by Gasteiger charge is 2.37. The zero-order valence-electron chi connectivity index (χ0n) is 18.3. The number of fused-ring (bicyclic) bond motifs is 1. The van der Waals surface area contributed by atoms with Gasteiger partial charge in [0.05, 0.1) is 12.8 Å². The van der Waals surface area contributed by atoms with Gasteiger partial charge in [0.2, 0.25) is 0 Å². The van der Waals surface area contributed by atoms with Crippen LogP contribution in [0.3, 0.4) is 0 Å². The van der Waals surface area contributed by atoms with Gasteiger partial charge in [-0.1, -0.05) is 45.9 Å². The monoisotopic (exact) mass is 379 g/mol. The van der Waals surface area contributed by atoms with E-state index in [-0.39, 0.29) is 10.8 Å². The van der Waals surface area contributed by atoms with E-state index >= 15 is 0 Å². The first-order valence-electron chi connectivity index (χ1n) is 10.1. The number of benzene rings is 1. The smallest absolute Gasteiger partial charge is 0.109 e. The Bertz CT molecular complexity index is 876. The fourth-order valence-electron chi connectivity index (χ4n) is 4.07. The molecule has 1 aliphatic carbocycles. The van der Waals surface area contributed by atoms with E-state index in [9.17, 15) is 0 Å². The largest absolute Gasteiger partial charge is 0.256 e.